The highest BCUT2D eigenvalue weighted by Crippen LogP contribution is 2.24. The number of nitrogens with one attached hydrogen (secondary N) is 1. The molecule has 90 valence electrons. The number of ether oxygens (including phenoxy) is 1. The van der Waals surface area contributed by atoms with Crippen molar-refractivity contribution < 1.29 is 9.26 Å². The predicted molar refractivity (Wildman–Crippen MR) is 59.2 cm³/mol. The second-order valence-electron chi connectivity index (χ2n) is 4.17. The van der Waals surface area contributed by atoms with Gasteiger partial charge in [-0.3, -0.25) is 0 Å². The third kappa shape index (κ3) is 2.41. The summed E-state index contributed by atoms with van der Waals surface area (Å²) in [5.74, 6) is 1.78. The van der Waals surface area contributed by atoms with E-state index in [0.717, 1.165) is 31.8 Å². The molecule has 2 unspecified atom stereocenters. The van der Waals surface area contributed by atoms with Crippen molar-refractivity contribution in [1.82, 2.24) is 15.5 Å². The van der Waals surface area contributed by atoms with Crippen LogP contribution in [0.5, 0.6) is 0 Å². The van der Waals surface area contributed by atoms with E-state index in [9.17, 15) is 0 Å². The van der Waals surface area contributed by atoms with Crippen LogP contribution in [0, 0.1) is 0 Å². The summed E-state index contributed by atoms with van der Waals surface area (Å²) in [7, 11) is 1.67. The van der Waals surface area contributed by atoms with E-state index in [1.807, 2.05) is 6.92 Å². The first-order valence-electron chi connectivity index (χ1n) is 5.92. The molecule has 0 saturated carbocycles. The van der Waals surface area contributed by atoms with E-state index >= 15 is 0 Å². The van der Waals surface area contributed by atoms with Gasteiger partial charge in [-0.1, -0.05) is 12.1 Å². The van der Waals surface area contributed by atoms with Gasteiger partial charge in [-0.15, -0.1) is 0 Å². The molecule has 0 radical (unpaired) electrons. The molecular weight excluding hydrogens is 206 g/mol. The van der Waals surface area contributed by atoms with Gasteiger partial charge in [0.2, 0.25) is 11.7 Å². The molecule has 16 heavy (non-hydrogen) atoms. The molecule has 1 saturated heterocycles. The SMILES string of the molecule is CCC(OC)c1noc(C2CCCNC2)n1. The molecule has 0 aliphatic carbocycles. The lowest BCUT2D eigenvalue weighted by molar-refractivity contribution is 0.0903. The molecule has 1 aromatic rings. The van der Waals surface area contributed by atoms with Crippen LogP contribution in [0.4, 0.5) is 0 Å². The molecule has 1 N–H and O–H groups in total. The van der Waals surface area contributed by atoms with Crippen molar-refractivity contribution in [2.75, 3.05) is 20.2 Å². The Morgan fingerprint density at radius 2 is 2.50 bits per heavy atom. The zero-order valence-electron chi connectivity index (χ0n) is 9.90. The van der Waals surface area contributed by atoms with Gasteiger partial charge < -0.3 is 14.6 Å². The predicted octanol–water partition coefficient (Wildman–Crippen LogP) is 1.63. The molecule has 1 fully saturated rings. The fourth-order valence-corrected chi connectivity index (χ4v) is 2.06. The van der Waals surface area contributed by atoms with Crippen LogP contribution in [0.1, 0.15) is 49.9 Å². The van der Waals surface area contributed by atoms with Crippen LogP contribution in [-0.4, -0.2) is 30.3 Å². The fourth-order valence-electron chi connectivity index (χ4n) is 2.06. The zero-order valence-corrected chi connectivity index (χ0v) is 9.90. The fraction of sp³-hybridized carbons (Fsp3) is 0.818. The second kappa shape index (κ2) is 5.41. The topological polar surface area (TPSA) is 60.2 Å². The van der Waals surface area contributed by atoms with Gasteiger partial charge in [0.15, 0.2) is 0 Å². The highest BCUT2D eigenvalue weighted by Gasteiger charge is 2.23. The molecule has 2 atom stereocenters. The van der Waals surface area contributed by atoms with Crippen LogP contribution in [-0.2, 0) is 4.74 Å². The molecule has 5 heteroatoms. The summed E-state index contributed by atoms with van der Waals surface area (Å²) in [6.45, 7) is 4.07. The third-order valence-electron chi connectivity index (χ3n) is 3.05. The zero-order chi connectivity index (χ0) is 11.4. The van der Waals surface area contributed by atoms with Crippen molar-refractivity contribution >= 4 is 0 Å². The molecule has 1 aliphatic rings. The molecule has 0 aromatic carbocycles. The summed E-state index contributed by atoms with van der Waals surface area (Å²) in [5, 5.41) is 7.34. The van der Waals surface area contributed by atoms with E-state index in [4.69, 9.17) is 9.26 Å². The van der Waals surface area contributed by atoms with Crippen molar-refractivity contribution in [3.8, 4) is 0 Å². The Morgan fingerprint density at radius 3 is 3.12 bits per heavy atom. The molecule has 1 aliphatic heterocycles. The van der Waals surface area contributed by atoms with Crippen LogP contribution in [0.25, 0.3) is 0 Å². The molecule has 2 heterocycles. The summed E-state index contributed by atoms with van der Waals surface area (Å²) in [5.41, 5.74) is 0. The Balaban J connectivity index is 2.05. The van der Waals surface area contributed by atoms with E-state index < -0.39 is 0 Å². The minimum Gasteiger partial charge on any atom is -0.373 e. The van der Waals surface area contributed by atoms with Crippen LogP contribution in [0.15, 0.2) is 4.52 Å². The van der Waals surface area contributed by atoms with Crippen molar-refractivity contribution in [2.45, 2.75) is 38.2 Å². The van der Waals surface area contributed by atoms with Crippen LogP contribution >= 0.6 is 0 Å². The first-order valence-corrected chi connectivity index (χ1v) is 5.92. The Morgan fingerprint density at radius 1 is 1.62 bits per heavy atom. The van der Waals surface area contributed by atoms with E-state index in [-0.39, 0.29) is 6.10 Å². The standard InChI is InChI=1S/C11H19N3O2/c1-3-9(15-2)10-13-11(16-14-10)8-5-4-6-12-7-8/h8-9,12H,3-7H2,1-2H3. The lowest BCUT2D eigenvalue weighted by Gasteiger charge is -2.18. The second-order valence-corrected chi connectivity index (χ2v) is 4.17. The number of rotatable bonds is 4. The maximum absolute atomic E-state index is 5.31. The Kier molecular flexibility index (Phi) is 3.90. The number of piperidine rings is 1. The first-order chi connectivity index (χ1) is 7.85. The average molecular weight is 225 g/mol. The van der Waals surface area contributed by atoms with Crippen LogP contribution < -0.4 is 5.32 Å². The number of nitrogens with zero attached hydrogens (tertiary/aromatic N) is 2. The largest absolute Gasteiger partial charge is 0.373 e. The highest BCUT2D eigenvalue weighted by molar-refractivity contribution is 4.98. The monoisotopic (exact) mass is 225 g/mol. The highest BCUT2D eigenvalue weighted by atomic mass is 16.5. The van der Waals surface area contributed by atoms with E-state index in [1.165, 1.54) is 6.42 Å². The average Bonchev–Trinajstić information content (AvgIpc) is 2.81. The summed E-state index contributed by atoms with van der Waals surface area (Å²) in [6.07, 6.45) is 3.11. The van der Waals surface area contributed by atoms with Crippen molar-refractivity contribution in [3.63, 3.8) is 0 Å². The summed E-state index contributed by atoms with van der Waals surface area (Å²) >= 11 is 0. The van der Waals surface area contributed by atoms with Gasteiger partial charge in [0.25, 0.3) is 0 Å². The van der Waals surface area contributed by atoms with E-state index in [2.05, 4.69) is 15.5 Å². The van der Waals surface area contributed by atoms with Crippen molar-refractivity contribution in [2.24, 2.45) is 0 Å². The Hall–Kier alpha value is -0.940. The van der Waals surface area contributed by atoms with Gasteiger partial charge in [0, 0.05) is 13.7 Å². The summed E-state index contributed by atoms with van der Waals surface area (Å²) in [6, 6.07) is 0. The minimum absolute atomic E-state index is 0.0472. The molecule has 0 bridgehead atoms. The number of hydrogen-bond donors (Lipinski definition) is 1. The number of aromatic nitrogens is 2. The Bertz CT molecular complexity index is 317. The van der Waals surface area contributed by atoms with Gasteiger partial charge in [0.1, 0.15) is 6.10 Å². The molecule has 0 spiro atoms. The van der Waals surface area contributed by atoms with Crippen LogP contribution in [0.2, 0.25) is 0 Å². The Labute approximate surface area is 95.6 Å². The molecule has 5 nitrogen and oxygen atoms in total. The normalized spacial score (nSPS) is 23.2. The van der Waals surface area contributed by atoms with E-state index in [0.29, 0.717) is 11.7 Å². The maximum Gasteiger partial charge on any atom is 0.231 e. The van der Waals surface area contributed by atoms with Gasteiger partial charge in [-0.25, -0.2) is 0 Å². The van der Waals surface area contributed by atoms with Gasteiger partial charge in [-0.05, 0) is 25.8 Å². The van der Waals surface area contributed by atoms with Gasteiger partial charge in [0.05, 0.1) is 5.92 Å². The smallest absolute Gasteiger partial charge is 0.231 e. The quantitative estimate of drug-likeness (QED) is 0.844. The molecule has 2 rings (SSSR count). The molecule has 1 aromatic heterocycles. The lowest BCUT2D eigenvalue weighted by Crippen LogP contribution is -2.28. The number of methoxy groups -OCH3 is 1. The van der Waals surface area contributed by atoms with Crippen molar-refractivity contribution in [3.05, 3.63) is 11.7 Å². The van der Waals surface area contributed by atoms with Gasteiger partial charge >= 0.3 is 0 Å². The van der Waals surface area contributed by atoms with Gasteiger partial charge in [-0.2, -0.15) is 4.98 Å². The summed E-state index contributed by atoms with van der Waals surface area (Å²) < 4.78 is 10.6. The minimum atomic E-state index is -0.0472. The van der Waals surface area contributed by atoms with Crippen LogP contribution in [0.3, 0.4) is 0 Å². The maximum atomic E-state index is 5.31. The summed E-state index contributed by atoms with van der Waals surface area (Å²) in [4.78, 5) is 4.43. The first kappa shape index (κ1) is 11.5. The van der Waals surface area contributed by atoms with Crippen molar-refractivity contribution in [1.29, 1.82) is 0 Å². The number of hydrogen-bond acceptors (Lipinski definition) is 5. The lowest BCUT2D eigenvalue weighted by atomic mass is 10.00. The third-order valence-corrected chi connectivity index (χ3v) is 3.05. The molecular formula is C11H19N3O2. The van der Waals surface area contributed by atoms with E-state index in [1.54, 1.807) is 7.11 Å². The molecule has 0 amide bonds.